The third kappa shape index (κ3) is 6.25. The molecule has 3 rings (SSSR count). The molecule has 1 N–H and O–H groups in total. The van der Waals surface area contributed by atoms with E-state index in [9.17, 15) is 17.6 Å². The Labute approximate surface area is 196 Å². The molecular weight excluding hydrogens is 495 g/mol. The minimum Gasteiger partial charge on any atom is -0.348 e. The molecule has 0 saturated heterocycles. The number of amides is 1. The quantitative estimate of drug-likeness (QED) is 0.458. The maximum absolute atomic E-state index is 13.3. The molecule has 32 heavy (non-hydrogen) atoms. The van der Waals surface area contributed by atoms with Gasteiger partial charge in [0.25, 0.3) is 0 Å². The lowest BCUT2D eigenvalue weighted by atomic mass is 10.1. The number of nitrogens with one attached hydrogen (secondary N) is 1. The number of carbonyl (C=O) groups is 1. The molecule has 0 unspecified atom stereocenters. The van der Waals surface area contributed by atoms with E-state index in [4.69, 9.17) is 0 Å². The van der Waals surface area contributed by atoms with Crippen molar-refractivity contribution in [2.45, 2.75) is 31.3 Å². The average Bonchev–Trinajstić information content (AvgIpc) is 2.75. The second-order valence-electron chi connectivity index (χ2n) is 7.55. The number of sulfonamides is 1. The monoisotopic (exact) mass is 518 g/mol. The van der Waals surface area contributed by atoms with E-state index in [1.807, 2.05) is 31.2 Å². The Morgan fingerprint density at radius 1 is 1.00 bits per heavy atom. The summed E-state index contributed by atoms with van der Waals surface area (Å²) >= 11 is 3.31. The predicted octanol–water partition coefficient (Wildman–Crippen LogP) is 4.96. The first-order chi connectivity index (χ1) is 15.1. The molecule has 0 bridgehead atoms. The molecule has 0 radical (unpaired) electrons. The molecule has 0 fully saturated rings. The molecule has 0 saturated carbocycles. The van der Waals surface area contributed by atoms with Crippen LogP contribution in [0.5, 0.6) is 0 Å². The predicted molar refractivity (Wildman–Crippen MR) is 126 cm³/mol. The molecule has 0 aliphatic heterocycles. The first-order valence-electron chi connectivity index (χ1n) is 10.0. The molecular formula is C24H24BrFN2O3S. The van der Waals surface area contributed by atoms with Gasteiger partial charge in [-0.25, -0.2) is 12.8 Å². The topological polar surface area (TPSA) is 66.5 Å². The number of aryl methyl sites for hydroxylation is 1. The number of carbonyl (C=O) groups excluding carboxylic acids is 1. The summed E-state index contributed by atoms with van der Waals surface area (Å²) in [5.41, 5.74) is 2.55. The summed E-state index contributed by atoms with van der Waals surface area (Å²) in [6.45, 7) is 3.41. The molecule has 8 heteroatoms. The van der Waals surface area contributed by atoms with Crippen LogP contribution >= 0.6 is 15.9 Å². The standard InChI is InChI=1S/C24H24BrFN2O3S/c1-17-3-5-19(6-4-17)15-28(32(30,31)23-13-9-21(25)10-14-23)16-24(29)27-18(2)20-7-11-22(26)12-8-20/h3-14,18H,15-16H2,1-2H3,(H,27,29)/t18-/m1/s1. The maximum Gasteiger partial charge on any atom is 0.243 e. The SMILES string of the molecule is Cc1ccc(CN(CC(=O)N[C@H](C)c2ccc(F)cc2)S(=O)(=O)c2ccc(Br)cc2)cc1. The zero-order valence-corrected chi connectivity index (χ0v) is 20.2. The van der Waals surface area contributed by atoms with Crippen LogP contribution in [0.3, 0.4) is 0 Å². The molecule has 3 aromatic rings. The minimum absolute atomic E-state index is 0.0526. The van der Waals surface area contributed by atoms with Crippen molar-refractivity contribution in [3.05, 3.63) is 99.8 Å². The fourth-order valence-corrected chi connectivity index (χ4v) is 4.81. The van der Waals surface area contributed by atoms with E-state index in [-0.39, 0.29) is 23.8 Å². The van der Waals surface area contributed by atoms with E-state index in [0.29, 0.717) is 0 Å². The summed E-state index contributed by atoms with van der Waals surface area (Å²) in [4.78, 5) is 12.9. The zero-order chi connectivity index (χ0) is 23.3. The molecule has 0 aromatic heterocycles. The van der Waals surface area contributed by atoms with Crippen molar-refractivity contribution in [3.63, 3.8) is 0 Å². The van der Waals surface area contributed by atoms with Crippen molar-refractivity contribution in [2.24, 2.45) is 0 Å². The van der Waals surface area contributed by atoms with Crippen LogP contribution in [0.1, 0.15) is 29.7 Å². The van der Waals surface area contributed by atoms with Gasteiger partial charge in [-0.05, 0) is 61.4 Å². The smallest absolute Gasteiger partial charge is 0.243 e. The van der Waals surface area contributed by atoms with Crippen LogP contribution in [0.4, 0.5) is 4.39 Å². The summed E-state index contributed by atoms with van der Waals surface area (Å²) in [7, 11) is -3.93. The molecule has 3 aromatic carbocycles. The second kappa shape index (κ2) is 10.4. The lowest BCUT2D eigenvalue weighted by Gasteiger charge is -2.23. The summed E-state index contributed by atoms with van der Waals surface area (Å²) in [5.74, 6) is -0.813. The van der Waals surface area contributed by atoms with E-state index in [1.54, 1.807) is 31.2 Å². The summed E-state index contributed by atoms with van der Waals surface area (Å²) < 4.78 is 41.8. The van der Waals surface area contributed by atoms with Crippen LogP contribution in [0.25, 0.3) is 0 Å². The number of hydrogen-bond donors (Lipinski definition) is 1. The minimum atomic E-state index is -3.93. The molecule has 168 valence electrons. The Hall–Kier alpha value is -2.55. The lowest BCUT2D eigenvalue weighted by Crippen LogP contribution is -2.41. The van der Waals surface area contributed by atoms with Crippen molar-refractivity contribution >= 4 is 31.9 Å². The molecule has 5 nitrogen and oxygen atoms in total. The maximum atomic E-state index is 13.3. The molecule has 0 heterocycles. The first kappa shape index (κ1) is 24.1. The highest BCUT2D eigenvalue weighted by atomic mass is 79.9. The van der Waals surface area contributed by atoms with Gasteiger partial charge in [0, 0.05) is 11.0 Å². The van der Waals surface area contributed by atoms with Gasteiger partial charge in [-0.1, -0.05) is 57.9 Å². The third-order valence-electron chi connectivity index (χ3n) is 5.00. The summed E-state index contributed by atoms with van der Waals surface area (Å²) in [6, 6.07) is 19.2. The summed E-state index contributed by atoms with van der Waals surface area (Å²) in [5, 5.41) is 2.80. The number of rotatable bonds is 8. The summed E-state index contributed by atoms with van der Waals surface area (Å²) in [6.07, 6.45) is 0. The van der Waals surface area contributed by atoms with Crippen molar-refractivity contribution < 1.29 is 17.6 Å². The van der Waals surface area contributed by atoms with E-state index in [0.717, 1.165) is 25.5 Å². The van der Waals surface area contributed by atoms with E-state index in [1.165, 1.54) is 24.3 Å². The Bertz CT molecular complexity index is 1170. The Morgan fingerprint density at radius 2 is 1.59 bits per heavy atom. The lowest BCUT2D eigenvalue weighted by molar-refractivity contribution is -0.122. The number of hydrogen-bond acceptors (Lipinski definition) is 3. The largest absolute Gasteiger partial charge is 0.348 e. The molecule has 0 aliphatic rings. The molecule has 0 spiro atoms. The van der Waals surface area contributed by atoms with Gasteiger partial charge in [-0.15, -0.1) is 0 Å². The van der Waals surface area contributed by atoms with Gasteiger partial charge in [0.15, 0.2) is 0 Å². The highest BCUT2D eigenvalue weighted by Crippen LogP contribution is 2.21. The highest BCUT2D eigenvalue weighted by molar-refractivity contribution is 9.10. The normalized spacial score (nSPS) is 12.5. The van der Waals surface area contributed by atoms with Gasteiger partial charge < -0.3 is 5.32 Å². The van der Waals surface area contributed by atoms with Crippen LogP contribution in [-0.2, 0) is 21.4 Å². The second-order valence-corrected chi connectivity index (χ2v) is 10.4. The van der Waals surface area contributed by atoms with Crippen LogP contribution in [0.15, 0.2) is 82.2 Å². The van der Waals surface area contributed by atoms with Gasteiger partial charge >= 0.3 is 0 Å². The van der Waals surface area contributed by atoms with Gasteiger partial charge in [0.05, 0.1) is 17.5 Å². The van der Waals surface area contributed by atoms with Gasteiger partial charge in [-0.3, -0.25) is 4.79 Å². The van der Waals surface area contributed by atoms with Gasteiger partial charge in [0.1, 0.15) is 5.82 Å². The Morgan fingerprint density at radius 3 is 2.19 bits per heavy atom. The first-order valence-corrected chi connectivity index (χ1v) is 12.2. The Balaban J connectivity index is 1.82. The van der Waals surface area contributed by atoms with Crippen molar-refractivity contribution in [3.8, 4) is 0 Å². The van der Waals surface area contributed by atoms with Crippen molar-refractivity contribution in [2.75, 3.05) is 6.54 Å². The van der Waals surface area contributed by atoms with Crippen LogP contribution in [0, 0.1) is 12.7 Å². The fourth-order valence-electron chi connectivity index (χ4n) is 3.16. The van der Waals surface area contributed by atoms with Crippen LogP contribution in [0.2, 0.25) is 0 Å². The van der Waals surface area contributed by atoms with E-state index < -0.39 is 22.0 Å². The molecule has 0 aliphatic carbocycles. The number of nitrogens with zero attached hydrogens (tertiary/aromatic N) is 1. The third-order valence-corrected chi connectivity index (χ3v) is 7.33. The van der Waals surface area contributed by atoms with Gasteiger partial charge in [-0.2, -0.15) is 4.31 Å². The average molecular weight is 519 g/mol. The van der Waals surface area contributed by atoms with E-state index in [2.05, 4.69) is 21.2 Å². The number of benzene rings is 3. The van der Waals surface area contributed by atoms with Crippen LogP contribution < -0.4 is 5.32 Å². The number of halogens is 2. The van der Waals surface area contributed by atoms with Gasteiger partial charge in [0.2, 0.25) is 15.9 Å². The highest BCUT2D eigenvalue weighted by Gasteiger charge is 2.27. The molecule has 1 amide bonds. The Kier molecular flexibility index (Phi) is 7.82. The zero-order valence-electron chi connectivity index (χ0n) is 17.8. The van der Waals surface area contributed by atoms with Crippen molar-refractivity contribution in [1.29, 1.82) is 0 Å². The van der Waals surface area contributed by atoms with Crippen LogP contribution in [-0.4, -0.2) is 25.2 Å². The van der Waals surface area contributed by atoms with Crippen molar-refractivity contribution in [1.82, 2.24) is 9.62 Å². The fraction of sp³-hybridized carbons (Fsp3) is 0.208. The van der Waals surface area contributed by atoms with E-state index >= 15 is 0 Å². The molecule has 1 atom stereocenters.